The number of benzene rings is 2. The first kappa shape index (κ1) is 23.7. The topological polar surface area (TPSA) is 87.5 Å². The molecule has 0 unspecified atom stereocenters. The summed E-state index contributed by atoms with van der Waals surface area (Å²) in [4.78, 5) is 21.4. The molecule has 0 radical (unpaired) electrons. The maximum atomic E-state index is 13.3. The van der Waals surface area contributed by atoms with Gasteiger partial charge in [-0.2, -0.15) is 0 Å². The maximum Gasteiger partial charge on any atom is 0.263 e. The Hall–Kier alpha value is -3.08. The third kappa shape index (κ3) is 4.86. The number of anilines is 2. The van der Waals surface area contributed by atoms with Crippen molar-refractivity contribution in [3.05, 3.63) is 71.3 Å². The normalized spacial score (nSPS) is 15.4. The Bertz CT molecular complexity index is 1470. The number of thiazole rings is 1. The lowest BCUT2D eigenvalue weighted by Gasteiger charge is -2.37. The van der Waals surface area contributed by atoms with E-state index in [-0.39, 0.29) is 18.3 Å². The van der Waals surface area contributed by atoms with Crippen molar-refractivity contribution in [3.63, 3.8) is 0 Å². The number of sulfonamides is 1. The molecule has 1 amide bonds. The molecule has 1 atom stereocenters. The van der Waals surface area contributed by atoms with E-state index >= 15 is 0 Å². The minimum absolute atomic E-state index is 0. The number of nitrogens with one attached hydrogen (secondary N) is 1. The van der Waals surface area contributed by atoms with Gasteiger partial charge in [0.25, 0.3) is 10.0 Å². The van der Waals surface area contributed by atoms with Gasteiger partial charge in [-0.3, -0.25) is 9.52 Å². The van der Waals surface area contributed by atoms with Crippen molar-refractivity contribution in [1.82, 2.24) is 14.5 Å². The number of carbonyl (C=O) groups excluding carboxylic acids is 1. The van der Waals surface area contributed by atoms with Crippen LogP contribution >= 0.6 is 22.9 Å². The predicted octanol–water partition coefficient (Wildman–Crippen LogP) is 4.71. The first-order chi connectivity index (χ1) is 16.8. The monoisotopic (exact) mass is 531 g/mol. The van der Waals surface area contributed by atoms with Crippen molar-refractivity contribution < 1.29 is 14.6 Å². The Morgan fingerprint density at radius 3 is 2.69 bits per heavy atom. The average molecular weight is 532 g/mol. The maximum absolute atomic E-state index is 13.3. The van der Waals surface area contributed by atoms with Crippen LogP contribution in [0.3, 0.4) is 0 Å². The molecule has 2 aromatic heterocycles. The Morgan fingerprint density at radius 2 is 1.94 bits per heavy atom. The predicted molar refractivity (Wildman–Crippen MR) is 142 cm³/mol. The molecule has 1 aliphatic rings. The van der Waals surface area contributed by atoms with E-state index < -0.39 is 10.0 Å². The van der Waals surface area contributed by atoms with Crippen molar-refractivity contribution in [1.29, 1.82) is 0 Å². The van der Waals surface area contributed by atoms with Crippen LogP contribution in [0, 0.1) is 0 Å². The first-order valence-corrected chi connectivity index (χ1v) is 13.9. The van der Waals surface area contributed by atoms with Gasteiger partial charge in [0.15, 0.2) is 5.13 Å². The van der Waals surface area contributed by atoms with Crippen molar-refractivity contribution >= 4 is 60.6 Å². The molecule has 3 heterocycles. The highest BCUT2D eigenvalue weighted by Crippen LogP contribution is 2.26. The number of piperazine rings is 1. The van der Waals surface area contributed by atoms with Crippen LogP contribution in [0.5, 0.6) is 0 Å². The highest BCUT2D eigenvalue weighted by atomic mass is 35.5. The van der Waals surface area contributed by atoms with Gasteiger partial charge in [0, 0.05) is 56.1 Å². The summed E-state index contributed by atoms with van der Waals surface area (Å²) in [5.74, 6) is 0.0473. The fourth-order valence-corrected chi connectivity index (χ4v) is 6.32. The molecular formula is C24H26ClN5O3S2. The Labute approximate surface area is 214 Å². The van der Waals surface area contributed by atoms with Gasteiger partial charge >= 0.3 is 0 Å². The number of amides is 1. The van der Waals surface area contributed by atoms with Crippen LogP contribution in [0.4, 0.5) is 10.8 Å². The third-order valence-corrected chi connectivity index (χ3v) is 8.59. The highest BCUT2D eigenvalue weighted by Gasteiger charge is 2.27. The molecule has 5 rings (SSSR count). The van der Waals surface area contributed by atoms with Crippen LogP contribution in [0.2, 0.25) is 5.02 Å². The van der Waals surface area contributed by atoms with Crippen molar-refractivity contribution in [3.8, 4) is 0 Å². The van der Waals surface area contributed by atoms with E-state index in [0.717, 1.165) is 16.6 Å². The Morgan fingerprint density at radius 1 is 1.14 bits per heavy atom. The fraction of sp³-hybridized carbons (Fsp3) is 0.250. The second-order valence-electron chi connectivity index (χ2n) is 8.35. The molecule has 1 aliphatic heterocycles. The van der Waals surface area contributed by atoms with E-state index in [4.69, 9.17) is 11.6 Å². The zero-order valence-corrected chi connectivity index (χ0v) is 21.4. The number of hydrogen-bond donors (Lipinski definition) is 1. The summed E-state index contributed by atoms with van der Waals surface area (Å²) in [6.45, 7) is 4.23. The standard InChI is InChI=1S/C24H24ClN5O3S2.H2/c1-17(30-9-7-18-5-6-19(25)15-22(18)30)23(31)29-12-10-28(11-13-29)20-3-2-4-21(16-20)35(32,33)27-24-26-8-14-34-24;/h2-9,14-17H,10-13H2,1H3,(H,26,27);1H/t17-;/m0./s1. The lowest BCUT2D eigenvalue weighted by Crippen LogP contribution is -2.50. The lowest BCUT2D eigenvalue weighted by molar-refractivity contribution is -0.134. The molecule has 0 saturated carbocycles. The summed E-state index contributed by atoms with van der Waals surface area (Å²) in [5, 5.41) is 3.72. The van der Waals surface area contributed by atoms with Gasteiger partial charge in [-0.05, 0) is 48.7 Å². The van der Waals surface area contributed by atoms with Gasteiger partial charge in [0.2, 0.25) is 5.91 Å². The van der Waals surface area contributed by atoms with E-state index in [1.165, 1.54) is 11.3 Å². The van der Waals surface area contributed by atoms with Crippen LogP contribution in [0.25, 0.3) is 10.9 Å². The number of hydrogen-bond acceptors (Lipinski definition) is 6. The van der Waals surface area contributed by atoms with Crippen molar-refractivity contribution in [2.75, 3.05) is 35.8 Å². The number of carbonyl (C=O) groups is 1. The second-order valence-corrected chi connectivity index (χ2v) is 11.4. The molecule has 35 heavy (non-hydrogen) atoms. The minimum Gasteiger partial charge on any atom is -0.368 e. The van der Waals surface area contributed by atoms with Gasteiger partial charge in [0.1, 0.15) is 6.04 Å². The molecule has 2 aromatic carbocycles. The second kappa shape index (κ2) is 9.52. The minimum atomic E-state index is -3.73. The van der Waals surface area contributed by atoms with E-state index in [0.29, 0.717) is 36.3 Å². The van der Waals surface area contributed by atoms with Gasteiger partial charge < -0.3 is 14.4 Å². The van der Waals surface area contributed by atoms with E-state index in [9.17, 15) is 13.2 Å². The molecular weight excluding hydrogens is 506 g/mol. The van der Waals surface area contributed by atoms with Gasteiger partial charge in [-0.1, -0.05) is 23.7 Å². The number of halogens is 1. The molecule has 0 spiro atoms. The molecule has 8 nitrogen and oxygen atoms in total. The number of aromatic nitrogens is 2. The zero-order chi connectivity index (χ0) is 24.6. The van der Waals surface area contributed by atoms with Crippen molar-refractivity contribution in [2.45, 2.75) is 17.9 Å². The zero-order valence-electron chi connectivity index (χ0n) is 19.0. The summed E-state index contributed by atoms with van der Waals surface area (Å²) in [7, 11) is -3.73. The number of fused-ring (bicyclic) bond motifs is 1. The van der Waals surface area contributed by atoms with Gasteiger partial charge in [0.05, 0.1) is 10.4 Å². The van der Waals surface area contributed by atoms with E-state index in [1.807, 2.05) is 52.9 Å². The van der Waals surface area contributed by atoms with Gasteiger partial charge in [-0.25, -0.2) is 13.4 Å². The Balaban J connectivity index is 0.00000304. The number of rotatable bonds is 6. The largest absolute Gasteiger partial charge is 0.368 e. The summed E-state index contributed by atoms with van der Waals surface area (Å²) >= 11 is 7.40. The molecule has 11 heteroatoms. The Kier molecular flexibility index (Phi) is 6.43. The van der Waals surface area contributed by atoms with Crippen LogP contribution in [-0.2, 0) is 14.8 Å². The quantitative estimate of drug-likeness (QED) is 0.389. The summed E-state index contributed by atoms with van der Waals surface area (Å²) in [5.41, 5.74) is 1.74. The highest BCUT2D eigenvalue weighted by molar-refractivity contribution is 7.93. The molecule has 4 aromatic rings. The molecule has 1 saturated heterocycles. The molecule has 184 valence electrons. The van der Waals surface area contributed by atoms with E-state index in [1.54, 1.807) is 29.8 Å². The van der Waals surface area contributed by atoms with Crippen LogP contribution in [0.1, 0.15) is 14.4 Å². The first-order valence-electron chi connectivity index (χ1n) is 11.1. The van der Waals surface area contributed by atoms with Crippen LogP contribution in [-0.4, -0.2) is 55.0 Å². The van der Waals surface area contributed by atoms with Crippen LogP contribution in [0.15, 0.2) is 71.2 Å². The fourth-order valence-electron chi connectivity index (χ4n) is 4.32. The van der Waals surface area contributed by atoms with Crippen LogP contribution < -0.4 is 9.62 Å². The average Bonchev–Trinajstić information content (AvgIpc) is 3.52. The molecule has 1 fully saturated rings. The number of nitrogens with zero attached hydrogens (tertiary/aromatic N) is 4. The lowest BCUT2D eigenvalue weighted by atomic mass is 10.2. The molecule has 0 aliphatic carbocycles. The SMILES string of the molecule is C[C@@H](C(=O)N1CCN(c2cccc(S(=O)(=O)Nc3nccs3)c2)CC1)n1ccc2ccc(Cl)cc21.[HH]. The third-order valence-electron chi connectivity index (χ3n) is 6.20. The summed E-state index contributed by atoms with van der Waals surface area (Å²) in [6, 6.07) is 14.1. The van der Waals surface area contributed by atoms with Crippen molar-refractivity contribution in [2.24, 2.45) is 0 Å². The summed E-state index contributed by atoms with van der Waals surface area (Å²) < 4.78 is 30.0. The molecule has 0 bridgehead atoms. The van der Waals surface area contributed by atoms with E-state index in [2.05, 4.69) is 14.6 Å². The van der Waals surface area contributed by atoms with Gasteiger partial charge in [-0.15, -0.1) is 11.3 Å². The summed E-state index contributed by atoms with van der Waals surface area (Å²) in [6.07, 6.45) is 3.47. The molecule has 1 N–H and O–H groups in total. The smallest absolute Gasteiger partial charge is 0.263 e.